The van der Waals surface area contributed by atoms with Crippen molar-refractivity contribution in [2.75, 3.05) is 13.7 Å². The molecule has 112 valence electrons. The van der Waals surface area contributed by atoms with Crippen LogP contribution in [-0.4, -0.2) is 28.8 Å². The number of nitrogens with zero attached hydrogens (tertiary/aromatic N) is 3. The first-order valence-electron chi connectivity index (χ1n) is 7.21. The van der Waals surface area contributed by atoms with Gasteiger partial charge in [0.25, 0.3) is 0 Å². The highest BCUT2D eigenvalue weighted by molar-refractivity contribution is 5.36. The summed E-state index contributed by atoms with van der Waals surface area (Å²) in [4.78, 5) is 4.28. The summed E-state index contributed by atoms with van der Waals surface area (Å²) in [5, 5.41) is 11.6. The van der Waals surface area contributed by atoms with Gasteiger partial charge >= 0.3 is 0 Å². The van der Waals surface area contributed by atoms with Crippen LogP contribution in [0.3, 0.4) is 0 Å². The standard InChI is InChI=1S/C16H22N4O/c1-5-6-21-14-8-13(9-18-10-14)16(17-4)15-7-11(2)19-20-12(15)3/h7-10,16-17H,5-6H2,1-4H3. The smallest absolute Gasteiger partial charge is 0.137 e. The molecule has 0 fully saturated rings. The van der Waals surface area contributed by atoms with E-state index < -0.39 is 0 Å². The molecule has 0 bridgehead atoms. The first-order valence-corrected chi connectivity index (χ1v) is 7.21. The lowest BCUT2D eigenvalue weighted by Gasteiger charge is -2.19. The Morgan fingerprint density at radius 3 is 2.71 bits per heavy atom. The normalized spacial score (nSPS) is 12.2. The van der Waals surface area contributed by atoms with E-state index in [1.165, 1.54) is 0 Å². The van der Waals surface area contributed by atoms with Gasteiger partial charge in [0.1, 0.15) is 5.75 Å². The summed E-state index contributed by atoms with van der Waals surface area (Å²) in [6.07, 6.45) is 4.58. The van der Waals surface area contributed by atoms with Gasteiger partial charge in [-0.3, -0.25) is 4.98 Å². The number of ether oxygens (including phenoxy) is 1. The molecule has 0 aliphatic heterocycles. The van der Waals surface area contributed by atoms with Crippen molar-refractivity contribution < 1.29 is 4.74 Å². The van der Waals surface area contributed by atoms with E-state index in [1.54, 1.807) is 6.20 Å². The maximum absolute atomic E-state index is 5.66. The molecule has 2 aromatic rings. The van der Waals surface area contributed by atoms with Gasteiger partial charge in [-0.05, 0) is 50.6 Å². The van der Waals surface area contributed by atoms with Crippen molar-refractivity contribution in [1.29, 1.82) is 0 Å². The Morgan fingerprint density at radius 1 is 1.19 bits per heavy atom. The second-order valence-electron chi connectivity index (χ2n) is 5.05. The molecule has 0 saturated heterocycles. The zero-order valence-corrected chi connectivity index (χ0v) is 13.1. The van der Waals surface area contributed by atoms with Crippen molar-refractivity contribution in [2.24, 2.45) is 0 Å². The van der Waals surface area contributed by atoms with Crippen LogP contribution >= 0.6 is 0 Å². The van der Waals surface area contributed by atoms with Crippen LogP contribution in [0, 0.1) is 13.8 Å². The summed E-state index contributed by atoms with van der Waals surface area (Å²) in [6, 6.07) is 4.11. The van der Waals surface area contributed by atoms with E-state index in [9.17, 15) is 0 Å². The zero-order chi connectivity index (χ0) is 15.2. The van der Waals surface area contributed by atoms with E-state index in [1.807, 2.05) is 33.2 Å². The number of pyridine rings is 1. The molecule has 0 amide bonds. The van der Waals surface area contributed by atoms with Crippen LogP contribution in [0.15, 0.2) is 24.5 Å². The quantitative estimate of drug-likeness (QED) is 0.884. The third-order valence-corrected chi connectivity index (χ3v) is 3.28. The lowest BCUT2D eigenvalue weighted by atomic mass is 9.99. The minimum atomic E-state index is 0.0249. The predicted octanol–water partition coefficient (Wildman–Crippen LogP) is 2.59. The molecule has 2 aromatic heterocycles. The van der Waals surface area contributed by atoms with E-state index >= 15 is 0 Å². The molecule has 5 nitrogen and oxygen atoms in total. The highest BCUT2D eigenvalue weighted by atomic mass is 16.5. The molecular formula is C16H22N4O. The van der Waals surface area contributed by atoms with Gasteiger partial charge in [0, 0.05) is 6.20 Å². The maximum atomic E-state index is 5.66. The van der Waals surface area contributed by atoms with Gasteiger partial charge in [-0.15, -0.1) is 0 Å². The minimum Gasteiger partial charge on any atom is -0.492 e. The molecule has 0 aromatic carbocycles. The average molecular weight is 286 g/mol. The van der Waals surface area contributed by atoms with Gasteiger partial charge in [0.15, 0.2) is 0 Å². The summed E-state index contributed by atoms with van der Waals surface area (Å²) < 4.78 is 5.66. The molecule has 0 aliphatic carbocycles. The number of hydrogen-bond donors (Lipinski definition) is 1. The number of rotatable bonds is 6. The summed E-state index contributed by atoms with van der Waals surface area (Å²) in [5.41, 5.74) is 3.99. The highest BCUT2D eigenvalue weighted by Crippen LogP contribution is 2.25. The van der Waals surface area contributed by atoms with Crippen molar-refractivity contribution in [1.82, 2.24) is 20.5 Å². The Hall–Kier alpha value is -2.01. The topological polar surface area (TPSA) is 59.9 Å². The monoisotopic (exact) mass is 286 g/mol. The van der Waals surface area contributed by atoms with Crippen LogP contribution in [0.4, 0.5) is 0 Å². The molecular weight excluding hydrogens is 264 g/mol. The second-order valence-corrected chi connectivity index (χ2v) is 5.05. The maximum Gasteiger partial charge on any atom is 0.137 e. The van der Waals surface area contributed by atoms with Crippen molar-refractivity contribution >= 4 is 0 Å². The Bertz CT molecular complexity index is 601. The average Bonchev–Trinajstić information content (AvgIpc) is 2.50. The number of nitrogens with one attached hydrogen (secondary N) is 1. The Morgan fingerprint density at radius 2 is 2.00 bits per heavy atom. The summed E-state index contributed by atoms with van der Waals surface area (Å²) in [5.74, 6) is 0.797. The van der Waals surface area contributed by atoms with Crippen molar-refractivity contribution in [3.05, 3.63) is 47.0 Å². The van der Waals surface area contributed by atoms with Crippen LogP contribution in [-0.2, 0) is 0 Å². The first-order chi connectivity index (χ1) is 10.2. The molecule has 1 unspecified atom stereocenters. The van der Waals surface area contributed by atoms with Crippen LogP contribution in [0.25, 0.3) is 0 Å². The fourth-order valence-electron chi connectivity index (χ4n) is 2.26. The number of hydrogen-bond acceptors (Lipinski definition) is 5. The van der Waals surface area contributed by atoms with Crippen molar-refractivity contribution in [3.63, 3.8) is 0 Å². The summed E-state index contributed by atoms with van der Waals surface area (Å²) >= 11 is 0. The molecule has 5 heteroatoms. The molecule has 0 radical (unpaired) electrons. The Kier molecular flexibility index (Phi) is 5.22. The van der Waals surface area contributed by atoms with E-state index in [2.05, 4.69) is 33.5 Å². The van der Waals surface area contributed by atoms with E-state index in [0.29, 0.717) is 6.61 Å². The fourth-order valence-corrected chi connectivity index (χ4v) is 2.26. The minimum absolute atomic E-state index is 0.0249. The molecule has 0 aliphatic rings. The van der Waals surface area contributed by atoms with Crippen molar-refractivity contribution in [2.45, 2.75) is 33.2 Å². The second kappa shape index (κ2) is 7.13. The molecule has 1 atom stereocenters. The van der Waals surface area contributed by atoms with Gasteiger partial charge in [0.2, 0.25) is 0 Å². The third-order valence-electron chi connectivity index (χ3n) is 3.28. The predicted molar refractivity (Wildman–Crippen MR) is 82.4 cm³/mol. The molecule has 1 N–H and O–H groups in total. The van der Waals surface area contributed by atoms with Gasteiger partial charge in [-0.2, -0.15) is 10.2 Å². The van der Waals surface area contributed by atoms with Gasteiger partial charge in [-0.25, -0.2) is 0 Å². The summed E-state index contributed by atoms with van der Waals surface area (Å²) in [6.45, 7) is 6.70. The number of aryl methyl sites for hydroxylation is 2. The van der Waals surface area contributed by atoms with Crippen molar-refractivity contribution in [3.8, 4) is 5.75 Å². The highest BCUT2D eigenvalue weighted by Gasteiger charge is 2.17. The molecule has 2 heterocycles. The van der Waals surface area contributed by atoms with Gasteiger partial charge < -0.3 is 10.1 Å². The fraction of sp³-hybridized carbons (Fsp3) is 0.438. The van der Waals surface area contributed by atoms with E-state index in [4.69, 9.17) is 4.74 Å². The Labute approximate surface area is 125 Å². The zero-order valence-electron chi connectivity index (χ0n) is 13.1. The van der Waals surface area contributed by atoms with Gasteiger partial charge in [0.05, 0.1) is 30.2 Å². The van der Waals surface area contributed by atoms with Crippen LogP contribution in [0.2, 0.25) is 0 Å². The first kappa shape index (κ1) is 15.4. The molecule has 21 heavy (non-hydrogen) atoms. The summed E-state index contributed by atoms with van der Waals surface area (Å²) in [7, 11) is 1.93. The van der Waals surface area contributed by atoms with E-state index in [0.717, 1.165) is 34.7 Å². The largest absolute Gasteiger partial charge is 0.492 e. The SMILES string of the molecule is CCCOc1cncc(C(NC)c2cc(C)nnc2C)c1. The molecule has 0 spiro atoms. The van der Waals surface area contributed by atoms with Crippen LogP contribution in [0.5, 0.6) is 5.75 Å². The Balaban J connectivity index is 2.34. The lowest BCUT2D eigenvalue weighted by molar-refractivity contribution is 0.315. The molecule has 0 saturated carbocycles. The molecule has 2 rings (SSSR count). The third kappa shape index (κ3) is 3.76. The van der Waals surface area contributed by atoms with Crippen LogP contribution in [0.1, 0.15) is 41.9 Å². The number of aromatic nitrogens is 3. The van der Waals surface area contributed by atoms with E-state index in [-0.39, 0.29) is 6.04 Å². The van der Waals surface area contributed by atoms with Gasteiger partial charge in [-0.1, -0.05) is 6.92 Å². The lowest BCUT2D eigenvalue weighted by Crippen LogP contribution is -2.20. The van der Waals surface area contributed by atoms with Crippen LogP contribution < -0.4 is 10.1 Å².